The van der Waals surface area contributed by atoms with Gasteiger partial charge in [0.1, 0.15) is 12.2 Å². The van der Waals surface area contributed by atoms with Crippen LogP contribution in [0.5, 0.6) is 0 Å². The van der Waals surface area contributed by atoms with E-state index in [1.807, 2.05) is 24.3 Å². The van der Waals surface area contributed by atoms with Crippen molar-refractivity contribution in [3.8, 4) is 0 Å². The number of amides is 2. The predicted molar refractivity (Wildman–Crippen MR) is 91.0 cm³/mol. The van der Waals surface area contributed by atoms with Gasteiger partial charge in [0.25, 0.3) is 0 Å². The number of aromatic nitrogens is 1. The van der Waals surface area contributed by atoms with Crippen LogP contribution in [-0.2, 0) is 9.59 Å². The molecule has 1 aromatic carbocycles. The number of rotatable bonds is 5. The number of aryl methyl sites for hydroxylation is 1. The molecule has 2 amide bonds. The molecular weight excluding hydrogens is 308 g/mol. The molecule has 1 aliphatic rings. The maximum atomic E-state index is 11.9. The minimum Gasteiger partial charge on any atom is -0.372 e. The summed E-state index contributed by atoms with van der Waals surface area (Å²) in [4.78, 5) is 26.0. The summed E-state index contributed by atoms with van der Waals surface area (Å²) in [6, 6.07) is 9.26. The molecule has 1 aliphatic heterocycles. The van der Waals surface area contributed by atoms with Gasteiger partial charge in [0.15, 0.2) is 5.82 Å². The fraction of sp³-hybridized carbons (Fsp3) is 0.353. The second-order valence-electron chi connectivity index (χ2n) is 5.84. The lowest BCUT2D eigenvalue weighted by atomic mass is 10.2. The molecule has 0 radical (unpaired) electrons. The van der Waals surface area contributed by atoms with Crippen molar-refractivity contribution in [2.45, 2.75) is 26.2 Å². The van der Waals surface area contributed by atoms with Gasteiger partial charge in [-0.25, -0.2) is 0 Å². The normalized spacial score (nSPS) is 13.8. The quantitative estimate of drug-likeness (QED) is 0.824. The summed E-state index contributed by atoms with van der Waals surface area (Å²) in [6.07, 6.45) is 2.16. The highest BCUT2D eigenvalue weighted by Gasteiger charge is 2.14. The summed E-state index contributed by atoms with van der Waals surface area (Å²) in [6.45, 7) is 3.88. The van der Waals surface area contributed by atoms with Crippen LogP contribution in [0.2, 0.25) is 0 Å². The first-order valence-corrected chi connectivity index (χ1v) is 7.98. The molecule has 1 aromatic heterocycles. The maximum Gasteiger partial charge on any atom is 0.235 e. The number of hydrogen-bond acceptors (Lipinski definition) is 5. The number of hydrogen-bond donors (Lipinski definition) is 2. The Hall–Kier alpha value is -2.83. The van der Waals surface area contributed by atoms with E-state index in [1.54, 1.807) is 13.0 Å². The highest BCUT2D eigenvalue weighted by molar-refractivity contribution is 6.07. The third-order valence-corrected chi connectivity index (χ3v) is 3.84. The van der Waals surface area contributed by atoms with Crippen LogP contribution < -0.4 is 15.5 Å². The second-order valence-corrected chi connectivity index (χ2v) is 5.84. The molecular formula is C17H20N4O3. The van der Waals surface area contributed by atoms with Gasteiger partial charge in [-0.3, -0.25) is 9.59 Å². The molecule has 2 N–H and O–H groups in total. The van der Waals surface area contributed by atoms with Crippen molar-refractivity contribution in [2.75, 3.05) is 28.6 Å². The zero-order valence-electron chi connectivity index (χ0n) is 13.5. The largest absolute Gasteiger partial charge is 0.372 e. The van der Waals surface area contributed by atoms with Crippen LogP contribution in [0, 0.1) is 6.92 Å². The average Bonchev–Trinajstić information content (AvgIpc) is 3.20. The topological polar surface area (TPSA) is 87.5 Å². The van der Waals surface area contributed by atoms with E-state index in [2.05, 4.69) is 20.7 Å². The monoisotopic (exact) mass is 328 g/mol. The van der Waals surface area contributed by atoms with Crippen molar-refractivity contribution in [3.63, 3.8) is 0 Å². The molecule has 2 heterocycles. The van der Waals surface area contributed by atoms with Gasteiger partial charge >= 0.3 is 0 Å². The molecule has 0 aliphatic carbocycles. The van der Waals surface area contributed by atoms with Gasteiger partial charge in [0, 0.05) is 30.5 Å². The molecule has 0 spiro atoms. The van der Waals surface area contributed by atoms with E-state index in [1.165, 1.54) is 12.8 Å². The van der Waals surface area contributed by atoms with Crippen molar-refractivity contribution in [3.05, 3.63) is 36.1 Å². The smallest absolute Gasteiger partial charge is 0.235 e. The Morgan fingerprint density at radius 2 is 1.79 bits per heavy atom. The molecule has 0 unspecified atom stereocenters. The number of nitrogens with zero attached hydrogens (tertiary/aromatic N) is 2. The standard InChI is InChI=1S/C17H20N4O3/c1-12-10-15(20-24-12)19-17(23)11-16(22)18-13-4-6-14(7-5-13)21-8-2-3-9-21/h4-7,10H,2-3,8-9,11H2,1H3,(H,18,22)(H,19,20,23). The summed E-state index contributed by atoms with van der Waals surface area (Å²) in [5.41, 5.74) is 1.83. The highest BCUT2D eigenvalue weighted by Crippen LogP contribution is 2.22. The summed E-state index contributed by atoms with van der Waals surface area (Å²) in [5.74, 6) is 0.0873. The second kappa shape index (κ2) is 7.16. The Labute approximate surface area is 140 Å². The SMILES string of the molecule is Cc1cc(NC(=O)CC(=O)Nc2ccc(N3CCCC3)cc2)no1. The van der Waals surface area contributed by atoms with Gasteiger partial charge in [0.05, 0.1) is 0 Å². The van der Waals surface area contributed by atoms with Crippen molar-refractivity contribution < 1.29 is 14.1 Å². The van der Waals surface area contributed by atoms with E-state index >= 15 is 0 Å². The minimum atomic E-state index is -0.436. The zero-order chi connectivity index (χ0) is 16.9. The van der Waals surface area contributed by atoms with Gasteiger partial charge in [-0.2, -0.15) is 0 Å². The summed E-state index contributed by atoms with van der Waals surface area (Å²) >= 11 is 0. The Bertz CT molecular complexity index is 718. The molecule has 0 bridgehead atoms. The zero-order valence-corrected chi connectivity index (χ0v) is 13.5. The van der Waals surface area contributed by atoms with Gasteiger partial charge < -0.3 is 20.1 Å². The van der Waals surface area contributed by atoms with Crippen LogP contribution in [0.15, 0.2) is 34.9 Å². The minimum absolute atomic E-state index is 0.278. The first kappa shape index (κ1) is 16.0. The van der Waals surface area contributed by atoms with E-state index < -0.39 is 5.91 Å². The van der Waals surface area contributed by atoms with Crippen LogP contribution >= 0.6 is 0 Å². The predicted octanol–water partition coefficient (Wildman–Crippen LogP) is 2.55. The van der Waals surface area contributed by atoms with E-state index in [4.69, 9.17) is 4.52 Å². The molecule has 7 nitrogen and oxygen atoms in total. The average molecular weight is 328 g/mol. The first-order chi connectivity index (χ1) is 11.6. The summed E-state index contributed by atoms with van der Waals surface area (Å²) < 4.78 is 4.85. The lowest BCUT2D eigenvalue weighted by Gasteiger charge is -2.17. The molecule has 0 atom stereocenters. The molecule has 24 heavy (non-hydrogen) atoms. The van der Waals surface area contributed by atoms with Crippen LogP contribution in [0.3, 0.4) is 0 Å². The fourth-order valence-corrected chi connectivity index (χ4v) is 2.69. The summed E-state index contributed by atoms with van der Waals surface area (Å²) in [5, 5.41) is 8.88. The number of carbonyl (C=O) groups is 2. The Balaban J connectivity index is 1.49. The van der Waals surface area contributed by atoms with Crippen LogP contribution in [0.1, 0.15) is 25.0 Å². The van der Waals surface area contributed by atoms with E-state index in [0.29, 0.717) is 17.3 Å². The van der Waals surface area contributed by atoms with E-state index in [-0.39, 0.29) is 12.3 Å². The van der Waals surface area contributed by atoms with Crippen molar-refractivity contribution in [2.24, 2.45) is 0 Å². The van der Waals surface area contributed by atoms with E-state index in [0.717, 1.165) is 18.8 Å². The number of anilines is 3. The van der Waals surface area contributed by atoms with Crippen molar-refractivity contribution in [1.29, 1.82) is 0 Å². The number of carbonyl (C=O) groups excluding carboxylic acids is 2. The molecule has 1 saturated heterocycles. The van der Waals surface area contributed by atoms with Gasteiger partial charge in [-0.05, 0) is 44.0 Å². The maximum absolute atomic E-state index is 11.9. The fourth-order valence-electron chi connectivity index (χ4n) is 2.69. The number of benzene rings is 1. The van der Waals surface area contributed by atoms with Gasteiger partial charge in [-0.1, -0.05) is 5.16 Å². The molecule has 3 rings (SSSR count). The van der Waals surface area contributed by atoms with Crippen LogP contribution in [-0.4, -0.2) is 30.1 Å². The van der Waals surface area contributed by atoms with Crippen molar-refractivity contribution >= 4 is 29.0 Å². The third kappa shape index (κ3) is 4.13. The Morgan fingerprint density at radius 1 is 1.12 bits per heavy atom. The van der Waals surface area contributed by atoms with Gasteiger partial charge in [0.2, 0.25) is 11.8 Å². The molecule has 1 fully saturated rings. The van der Waals surface area contributed by atoms with Gasteiger partial charge in [-0.15, -0.1) is 0 Å². The first-order valence-electron chi connectivity index (χ1n) is 7.98. The number of nitrogens with one attached hydrogen (secondary N) is 2. The van der Waals surface area contributed by atoms with Crippen molar-refractivity contribution in [1.82, 2.24) is 5.16 Å². The molecule has 126 valence electrons. The lowest BCUT2D eigenvalue weighted by molar-refractivity contribution is -0.123. The molecule has 7 heteroatoms. The Morgan fingerprint density at radius 3 is 2.42 bits per heavy atom. The van der Waals surface area contributed by atoms with Crippen LogP contribution in [0.25, 0.3) is 0 Å². The van der Waals surface area contributed by atoms with Crippen LogP contribution in [0.4, 0.5) is 17.2 Å². The Kier molecular flexibility index (Phi) is 4.79. The van der Waals surface area contributed by atoms with E-state index in [9.17, 15) is 9.59 Å². The lowest BCUT2D eigenvalue weighted by Crippen LogP contribution is -2.21. The summed E-state index contributed by atoms with van der Waals surface area (Å²) in [7, 11) is 0. The third-order valence-electron chi connectivity index (χ3n) is 3.84. The highest BCUT2D eigenvalue weighted by atomic mass is 16.5. The molecule has 2 aromatic rings. The molecule has 0 saturated carbocycles.